The van der Waals surface area contributed by atoms with Crippen molar-refractivity contribution in [3.05, 3.63) is 23.9 Å². The van der Waals surface area contributed by atoms with Crippen molar-refractivity contribution in [1.82, 2.24) is 5.32 Å². The van der Waals surface area contributed by atoms with E-state index in [4.69, 9.17) is 0 Å². The molecule has 2 unspecified atom stereocenters. The van der Waals surface area contributed by atoms with E-state index < -0.39 is 0 Å². The SMILES string of the molecule is CC/C(C)=C\C1C=CNC1C. The molecule has 0 amide bonds. The summed E-state index contributed by atoms with van der Waals surface area (Å²) in [5.41, 5.74) is 1.48. The number of nitrogens with one attached hydrogen (secondary N) is 1. The molecular formula is C10H17N. The quantitative estimate of drug-likeness (QED) is 0.598. The molecule has 0 bridgehead atoms. The molecule has 1 heteroatoms. The Morgan fingerprint density at radius 2 is 2.36 bits per heavy atom. The molecule has 0 saturated carbocycles. The van der Waals surface area contributed by atoms with Crippen molar-refractivity contribution >= 4 is 0 Å². The van der Waals surface area contributed by atoms with Crippen LogP contribution in [-0.4, -0.2) is 6.04 Å². The average molecular weight is 151 g/mol. The van der Waals surface area contributed by atoms with Crippen LogP contribution in [0.25, 0.3) is 0 Å². The Labute approximate surface area is 69.2 Å². The molecule has 0 aromatic rings. The smallest absolute Gasteiger partial charge is 0.0325 e. The monoisotopic (exact) mass is 151 g/mol. The summed E-state index contributed by atoms with van der Waals surface area (Å²) in [5, 5.41) is 3.27. The molecule has 0 saturated heterocycles. The van der Waals surface area contributed by atoms with Crippen molar-refractivity contribution in [2.45, 2.75) is 33.2 Å². The van der Waals surface area contributed by atoms with Gasteiger partial charge in [0.25, 0.3) is 0 Å². The maximum absolute atomic E-state index is 3.27. The first-order valence-electron chi connectivity index (χ1n) is 4.34. The van der Waals surface area contributed by atoms with Crippen LogP contribution in [0.15, 0.2) is 23.9 Å². The lowest BCUT2D eigenvalue weighted by atomic mass is 10.0. The Balaban J connectivity index is 2.54. The second kappa shape index (κ2) is 3.61. The van der Waals surface area contributed by atoms with E-state index in [9.17, 15) is 0 Å². The summed E-state index contributed by atoms with van der Waals surface area (Å²) >= 11 is 0. The minimum absolute atomic E-state index is 0.580. The summed E-state index contributed by atoms with van der Waals surface area (Å²) in [6.07, 6.45) is 7.79. The highest BCUT2D eigenvalue weighted by molar-refractivity contribution is 5.13. The van der Waals surface area contributed by atoms with Gasteiger partial charge in [-0.25, -0.2) is 0 Å². The largest absolute Gasteiger partial charge is 0.388 e. The third-order valence-corrected chi connectivity index (χ3v) is 2.29. The molecule has 11 heavy (non-hydrogen) atoms. The molecule has 1 aliphatic rings. The van der Waals surface area contributed by atoms with Crippen LogP contribution in [-0.2, 0) is 0 Å². The molecule has 1 rings (SSSR count). The number of hydrogen-bond donors (Lipinski definition) is 1. The molecule has 0 aromatic heterocycles. The van der Waals surface area contributed by atoms with Gasteiger partial charge in [0.1, 0.15) is 0 Å². The second-order valence-corrected chi connectivity index (χ2v) is 3.26. The van der Waals surface area contributed by atoms with E-state index in [1.807, 2.05) is 0 Å². The highest BCUT2D eigenvalue weighted by Crippen LogP contribution is 2.15. The fraction of sp³-hybridized carbons (Fsp3) is 0.600. The fourth-order valence-electron chi connectivity index (χ4n) is 1.24. The lowest BCUT2D eigenvalue weighted by Gasteiger charge is -2.11. The van der Waals surface area contributed by atoms with Crippen molar-refractivity contribution in [3.63, 3.8) is 0 Å². The standard InChI is InChI=1S/C10H17N/c1-4-8(2)7-10-5-6-11-9(10)3/h5-7,9-11H,4H2,1-3H3/b8-7-. The Morgan fingerprint density at radius 3 is 2.82 bits per heavy atom. The van der Waals surface area contributed by atoms with Gasteiger partial charge in [0.2, 0.25) is 0 Å². The van der Waals surface area contributed by atoms with Gasteiger partial charge in [0.15, 0.2) is 0 Å². The zero-order chi connectivity index (χ0) is 8.27. The number of rotatable bonds is 2. The van der Waals surface area contributed by atoms with Crippen LogP contribution in [0.2, 0.25) is 0 Å². The molecule has 1 N–H and O–H groups in total. The summed E-state index contributed by atoms with van der Waals surface area (Å²) in [6, 6.07) is 0.580. The average Bonchev–Trinajstić information content (AvgIpc) is 2.37. The van der Waals surface area contributed by atoms with Crippen molar-refractivity contribution in [2.24, 2.45) is 5.92 Å². The van der Waals surface area contributed by atoms with E-state index in [0.717, 1.165) is 6.42 Å². The summed E-state index contributed by atoms with van der Waals surface area (Å²) in [5.74, 6) is 0.606. The van der Waals surface area contributed by atoms with Crippen LogP contribution in [0.1, 0.15) is 27.2 Å². The molecule has 1 nitrogen and oxygen atoms in total. The zero-order valence-electron chi connectivity index (χ0n) is 7.59. The van der Waals surface area contributed by atoms with E-state index in [1.165, 1.54) is 5.57 Å². The Bertz CT molecular complexity index is 179. The molecule has 0 aliphatic carbocycles. The van der Waals surface area contributed by atoms with Gasteiger partial charge in [0.05, 0.1) is 0 Å². The van der Waals surface area contributed by atoms with Crippen LogP contribution in [0.4, 0.5) is 0 Å². The fourth-order valence-corrected chi connectivity index (χ4v) is 1.24. The molecule has 2 atom stereocenters. The third-order valence-electron chi connectivity index (χ3n) is 2.29. The molecule has 1 heterocycles. The summed E-state index contributed by atoms with van der Waals surface area (Å²) in [6.45, 7) is 6.60. The maximum atomic E-state index is 3.27. The molecule has 0 radical (unpaired) electrons. The van der Waals surface area contributed by atoms with Crippen molar-refractivity contribution in [3.8, 4) is 0 Å². The predicted octanol–water partition coefficient (Wildman–Crippen LogP) is 2.46. The van der Waals surface area contributed by atoms with Gasteiger partial charge in [-0.05, 0) is 26.5 Å². The lowest BCUT2D eigenvalue weighted by Crippen LogP contribution is -2.21. The van der Waals surface area contributed by atoms with E-state index in [2.05, 4.69) is 44.4 Å². The topological polar surface area (TPSA) is 12.0 Å². The van der Waals surface area contributed by atoms with Crippen LogP contribution in [0, 0.1) is 5.92 Å². The number of allylic oxidation sites excluding steroid dienone is 1. The van der Waals surface area contributed by atoms with Crippen LogP contribution in [0.5, 0.6) is 0 Å². The predicted molar refractivity (Wildman–Crippen MR) is 49.3 cm³/mol. The van der Waals surface area contributed by atoms with Gasteiger partial charge in [-0.2, -0.15) is 0 Å². The molecule has 0 fully saturated rings. The third kappa shape index (κ3) is 2.11. The van der Waals surface area contributed by atoms with Crippen LogP contribution in [0.3, 0.4) is 0 Å². The summed E-state index contributed by atoms with van der Waals surface area (Å²) < 4.78 is 0. The van der Waals surface area contributed by atoms with Gasteiger partial charge in [-0.15, -0.1) is 0 Å². The van der Waals surface area contributed by atoms with E-state index in [0.29, 0.717) is 12.0 Å². The summed E-state index contributed by atoms with van der Waals surface area (Å²) in [7, 11) is 0. The molecule has 0 spiro atoms. The second-order valence-electron chi connectivity index (χ2n) is 3.26. The first kappa shape index (κ1) is 8.38. The zero-order valence-corrected chi connectivity index (χ0v) is 7.59. The Hall–Kier alpha value is -0.720. The molecule has 62 valence electrons. The van der Waals surface area contributed by atoms with Crippen molar-refractivity contribution in [1.29, 1.82) is 0 Å². The van der Waals surface area contributed by atoms with Crippen LogP contribution >= 0.6 is 0 Å². The van der Waals surface area contributed by atoms with Gasteiger partial charge >= 0.3 is 0 Å². The molecule has 0 aromatic carbocycles. The first-order valence-corrected chi connectivity index (χ1v) is 4.34. The Morgan fingerprint density at radius 1 is 1.64 bits per heavy atom. The molecule has 1 aliphatic heterocycles. The van der Waals surface area contributed by atoms with E-state index in [-0.39, 0.29) is 0 Å². The van der Waals surface area contributed by atoms with Crippen LogP contribution < -0.4 is 5.32 Å². The lowest BCUT2D eigenvalue weighted by molar-refractivity contribution is 0.595. The normalized spacial score (nSPS) is 30.6. The minimum atomic E-state index is 0.580. The van der Waals surface area contributed by atoms with Gasteiger partial charge in [-0.1, -0.05) is 24.6 Å². The Kier molecular flexibility index (Phi) is 2.75. The van der Waals surface area contributed by atoms with Crippen molar-refractivity contribution < 1.29 is 0 Å². The van der Waals surface area contributed by atoms with Gasteiger partial charge in [-0.3, -0.25) is 0 Å². The first-order chi connectivity index (χ1) is 5.24. The molecular weight excluding hydrogens is 134 g/mol. The van der Waals surface area contributed by atoms with Gasteiger partial charge in [0, 0.05) is 12.0 Å². The summed E-state index contributed by atoms with van der Waals surface area (Å²) in [4.78, 5) is 0. The maximum Gasteiger partial charge on any atom is 0.0325 e. The van der Waals surface area contributed by atoms with E-state index in [1.54, 1.807) is 0 Å². The van der Waals surface area contributed by atoms with Gasteiger partial charge < -0.3 is 5.32 Å². The minimum Gasteiger partial charge on any atom is -0.388 e. The number of hydrogen-bond acceptors (Lipinski definition) is 1. The highest BCUT2D eigenvalue weighted by Gasteiger charge is 2.14. The highest BCUT2D eigenvalue weighted by atomic mass is 14.9. The van der Waals surface area contributed by atoms with E-state index >= 15 is 0 Å². The van der Waals surface area contributed by atoms with Crippen molar-refractivity contribution in [2.75, 3.05) is 0 Å².